The molecule has 21 nitrogen and oxygen atoms in total. The standard InChI is InChI=1S/C24H29N5O2.C12H9N2O8P.ClHO4.Pb.Zn/c1-17-9-19-13-26-5-3-25-4-6-27-14-20-10-18(2)12-22(24(20)31)16-29-8-7-28-15-21(11-17)23(19)30;15-13(16)9-1-5-11(6-2-9)21-23(19,20)22-12-7-3-10(4-8-12)14(17)18;2-1(3,4)5;;/h9-16,25,30-31H,3-8H2,1-2H3;1-8H,(H,19,20);(H,2,3,4,5);;/q;;;2*+2/p-4. The average Bonchev–Trinajstić information content (AvgIpc) is 3.14. The normalized spacial score (nSPS) is 13.0. The Morgan fingerprint density at radius 1 is 0.607 bits per heavy atom. The molecule has 1 N–H and O–H groups in total. The van der Waals surface area contributed by atoms with Crippen LogP contribution in [-0.4, -0.2) is 101 Å². The van der Waals surface area contributed by atoms with Crippen molar-refractivity contribution in [2.75, 3.05) is 39.3 Å². The molecular formula is C36H35ClN7O14PPbZn. The summed E-state index contributed by atoms with van der Waals surface area (Å²) in [5.74, 6) is -0.511. The number of phosphoric ester groups is 1. The minimum Gasteiger partial charge on any atom is -0.872 e. The Kier molecular flexibility index (Phi) is 23.8. The molecule has 1 aliphatic rings. The first-order valence-electron chi connectivity index (χ1n) is 17.0. The molecule has 1 heterocycles. The van der Waals surface area contributed by atoms with Gasteiger partial charge in [0.05, 0.1) is 36.0 Å². The minimum absolute atomic E-state index is 0. The predicted molar refractivity (Wildman–Crippen MR) is 205 cm³/mol. The summed E-state index contributed by atoms with van der Waals surface area (Å²) in [6.45, 7) is 7.21. The van der Waals surface area contributed by atoms with E-state index in [-0.39, 0.29) is 81.1 Å². The Hall–Kier alpha value is -4.61. The minimum atomic E-state index is -4.94. The van der Waals surface area contributed by atoms with Crippen molar-refractivity contribution < 1.29 is 86.9 Å². The van der Waals surface area contributed by atoms with Gasteiger partial charge in [-0.25, -0.2) is 23.2 Å². The van der Waals surface area contributed by atoms with Crippen molar-refractivity contribution in [1.29, 1.82) is 0 Å². The fraction of sp³-hybridized carbons (Fsp3) is 0.222. The summed E-state index contributed by atoms with van der Waals surface area (Å²) in [6.07, 6.45) is 6.44. The number of halogens is 1. The van der Waals surface area contributed by atoms with E-state index in [2.05, 4.69) is 34.3 Å². The first-order valence-corrected chi connectivity index (χ1v) is 19.6. The molecule has 1 aliphatic heterocycles. The van der Waals surface area contributed by atoms with E-state index in [0.29, 0.717) is 61.5 Å². The van der Waals surface area contributed by atoms with Crippen LogP contribution in [0.3, 0.4) is 0 Å². The number of hydrogen-bond donors (Lipinski definition) is 1. The second-order valence-corrected chi connectivity index (χ2v) is 14.0. The van der Waals surface area contributed by atoms with E-state index < -0.39 is 27.9 Å². The number of aliphatic imine (C=N–C) groups is 4. The van der Waals surface area contributed by atoms with Gasteiger partial charge in [0.15, 0.2) is 0 Å². The number of fused-ring (bicyclic) bond motifs is 4. The van der Waals surface area contributed by atoms with Crippen molar-refractivity contribution >= 4 is 71.4 Å². The monoisotopic (exact) mass is 1130 g/mol. The second kappa shape index (κ2) is 26.7. The molecule has 0 atom stereocenters. The molecule has 0 aromatic heterocycles. The van der Waals surface area contributed by atoms with Crippen LogP contribution in [0.5, 0.6) is 23.0 Å². The smallest absolute Gasteiger partial charge is 0.872 e. The summed E-state index contributed by atoms with van der Waals surface area (Å²) >= 11 is 0. The molecule has 25 heteroatoms. The van der Waals surface area contributed by atoms with E-state index in [4.69, 9.17) is 18.6 Å². The molecule has 4 bridgehead atoms. The van der Waals surface area contributed by atoms with E-state index in [1.807, 2.05) is 38.1 Å². The maximum Gasteiger partial charge on any atom is 2.00 e. The zero-order valence-corrected chi connectivity index (χ0v) is 40.9. The fourth-order valence-corrected chi connectivity index (χ4v) is 5.55. The van der Waals surface area contributed by atoms with Gasteiger partial charge in [0.25, 0.3) is 11.4 Å². The summed E-state index contributed by atoms with van der Waals surface area (Å²) in [5.41, 5.74) is 3.71. The zero-order valence-electron chi connectivity index (χ0n) is 32.4. The number of non-ortho nitro benzene ring substituents is 2. The van der Waals surface area contributed by atoms with Gasteiger partial charge >= 0.3 is 54.6 Å². The quantitative estimate of drug-likeness (QED) is 0.102. The number of rotatable bonds is 6. The molecule has 2 radical (unpaired) electrons. The first-order chi connectivity index (χ1) is 27.8. The summed E-state index contributed by atoms with van der Waals surface area (Å²) in [5, 5.41) is 49.5. The summed E-state index contributed by atoms with van der Waals surface area (Å²) in [7, 11) is -9.75. The van der Waals surface area contributed by atoms with Crippen LogP contribution in [0.4, 0.5) is 11.4 Å². The molecule has 0 saturated carbocycles. The largest absolute Gasteiger partial charge is 2.00 e. The number of nitrogens with one attached hydrogen (secondary N) is 1. The van der Waals surface area contributed by atoms with Crippen LogP contribution in [0, 0.1) is 44.3 Å². The van der Waals surface area contributed by atoms with Crippen molar-refractivity contribution in [2.45, 2.75) is 13.8 Å². The molecular weight excluding hydrogens is 1090 g/mol. The molecule has 0 unspecified atom stereocenters. The van der Waals surface area contributed by atoms with Crippen molar-refractivity contribution in [1.82, 2.24) is 5.32 Å². The zero-order chi connectivity index (χ0) is 43.6. The summed E-state index contributed by atoms with van der Waals surface area (Å²) in [6, 6.07) is 16.0. The van der Waals surface area contributed by atoms with Gasteiger partial charge in [-0.2, -0.15) is 0 Å². The van der Waals surface area contributed by atoms with Gasteiger partial charge in [0, 0.05) is 62.2 Å². The van der Waals surface area contributed by atoms with E-state index in [9.17, 15) is 39.9 Å². The molecule has 4 aromatic rings. The van der Waals surface area contributed by atoms with Crippen molar-refractivity contribution in [3.63, 3.8) is 0 Å². The summed E-state index contributed by atoms with van der Waals surface area (Å²) in [4.78, 5) is 48.8. The van der Waals surface area contributed by atoms with Crippen LogP contribution in [0.1, 0.15) is 33.4 Å². The van der Waals surface area contributed by atoms with Crippen molar-refractivity contribution in [3.05, 3.63) is 126 Å². The summed E-state index contributed by atoms with van der Waals surface area (Å²) < 4.78 is 55.0. The third-order valence-corrected chi connectivity index (χ3v) is 8.09. The molecule has 5 rings (SSSR count). The number of phosphoric acid groups is 1. The molecule has 0 fully saturated rings. The number of nitro groups is 2. The third-order valence-electron chi connectivity index (χ3n) is 7.23. The van der Waals surface area contributed by atoms with Crippen LogP contribution in [0.25, 0.3) is 0 Å². The van der Waals surface area contributed by atoms with Gasteiger partial charge in [-0.05, 0) is 71.5 Å². The van der Waals surface area contributed by atoms with Crippen LogP contribution in [-0.2, 0) is 24.0 Å². The molecule has 0 aliphatic carbocycles. The van der Waals surface area contributed by atoms with Crippen molar-refractivity contribution in [3.8, 4) is 23.0 Å². The van der Waals surface area contributed by atoms with Crippen LogP contribution in [0.15, 0.2) is 92.8 Å². The average molecular weight is 1130 g/mol. The molecule has 0 saturated heterocycles. The van der Waals surface area contributed by atoms with Crippen LogP contribution >= 0.6 is 7.82 Å². The van der Waals surface area contributed by atoms with Crippen LogP contribution < -0.4 is 48.1 Å². The maximum atomic E-state index is 12.6. The Morgan fingerprint density at radius 2 is 0.885 bits per heavy atom. The van der Waals surface area contributed by atoms with E-state index >= 15 is 0 Å². The maximum absolute atomic E-state index is 12.6. The van der Waals surface area contributed by atoms with Gasteiger partial charge in [-0.15, -0.1) is 10.2 Å². The van der Waals surface area contributed by atoms with Gasteiger partial charge in [0.1, 0.15) is 11.5 Å². The number of hydrogen-bond acceptors (Lipinski definition) is 19. The Labute approximate surface area is 383 Å². The van der Waals surface area contributed by atoms with Gasteiger partial charge < -0.3 is 29.5 Å². The van der Waals surface area contributed by atoms with E-state index in [0.717, 1.165) is 59.7 Å². The molecule has 0 spiro atoms. The number of nitro benzene ring substituents is 2. The second-order valence-electron chi connectivity index (χ2n) is 11.9. The molecule has 61 heavy (non-hydrogen) atoms. The Balaban J connectivity index is 0.000000550. The molecule has 0 amide bonds. The predicted octanol–water partition coefficient (Wildman–Crippen LogP) is -1.28. The van der Waals surface area contributed by atoms with Gasteiger partial charge in [-0.1, -0.05) is 35.8 Å². The first kappa shape index (κ1) is 54.4. The van der Waals surface area contributed by atoms with Gasteiger partial charge in [-0.3, -0.25) is 40.2 Å². The van der Waals surface area contributed by atoms with E-state index in [1.165, 1.54) is 0 Å². The molecule has 4 aromatic carbocycles. The Morgan fingerprint density at radius 3 is 1.16 bits per heavy atom. The number of nitrogens with zero attached hydrogens (tertiary/aromatic N) is 6. The van der Waals surface area contributed by atoms with Crippen LogP contribution in [0.2, 0.25) is 0 Å². The number of benzene rings is 4. The van der Waals surface area contributed by atoms with E-state index in [1.54, 1.807) is 24.9 Å². The Bertz CT molecular complexity index is 2080. The SMILES string of the molecule is Cc1cc2c([O-])c(c1)C=NCCNCCN=Cc1cc(C)cc(c1[O-])C=NCCN=C2.O=[N+]([O-])c1ccc(OP(=O)([O-])Oc2ccc([N+](=O)[O-])cc2)cc1.[O-][Cl+3]([O-])([O-])[O-].[Pb+2].[Zn+2]. The van der Waals surface area contributed by atoms with Crippen molar-refractivity contribution in [2.24, 2.45) is 20.0 Å². The number of aryl methyl sites for hydroxylation is 2. The molecule has 316 valence electrons. The topological polar surface area (TPSA) is 345 Å². The third kappa shape index (κ3) is 21.2. The fourth-order valence-electron chi connectivity index (χ4n) is 4.76. The van der Waals surface area contributed by atoms with Gasteiger partial charge in [0.2, 0.25) is 0 Å².